The Morgan fingerprint density at radius 2 is 2.07 bits per heavy atom. The van der Waals surface area contributed by atoms with Crippen molar-refractivity contribution in [2.24, 2.45) is 0 Å². The highest BCUT2D eigenvalue weighted by atomic mass is 32.2. The third-order valence-electron chi connectivity index (χ3n) is 2.17. The Bertz CT molecular complexity index is 440. The van der Waals surface area contributed by atoms with Gasteiger partial charge < -0.3 is 5.73 Å². The average Bonchev–Trinajstić information content (AvgIpc) is 2.14. The fraction of sp³-hybridized carbons (Fsp3) is 0.400. The van der Waals surface area contributed by atoms with Crippen LogP contribution in [0.1, 0.15) is 25.3 Å². The van der Waals surface area contributed by atoms with Gasteiger partial charge in [0.25, 0.3) is 10.1 Å². The minimum absolute atomic E-state index is 0.0732. The summed E-state index contributed by atoms with van der Waals surface area (Å²) in [5, 5.41) is 0. The van der Waals surface area contributed by atoms with Crippen LogP contribution >= 0.6 is 0 Å². The summed E-state index contributed by atoms with van der Waals surface area (Å²) >= 11 is 0. The van der Waals surface area contributed by atoms with E-state index in [4.69, 9.17) is 10.3 Å². The highest BCUT2D eigenvalue weighted by molar-refractivity contribution is 7.85. The van der Waals surface area contributed by atoms with Gasteiger partial charge in [-0.05, 0) is 30.5 Å². The number of nitrogen functional groups attached to an aromatic ring is 1. The Morgan fingerprint density at radius 1 is 1.40 bits per heavy atom. The molecule has 0 saturated heterocycles. The second-order valence-corrected chi connectivity index (χ2v) is 4.84. The number of rotatable bonds is 4. The number of hydrogen-bond donors (Lipinski definition) is 2. The van der Waals surface area contributed by atoms with Crippen LogP contribution in [0.4, 0.5) is 5.69 Å². The zero-order chi connectivity index (χ0) is 11.5. The van der Waals surface area contributed by atoms with Gasteiger partial charge in [-0.3, -0.25) is 4.55 Å². The molecule has 1 aromatic rings. The Kier molecular flexibility index (Phi) is 3.71. The molecule has 0 bridgehead atoms. The summed E-state index contributed by atoms with van der Waals surface area (Å²) in [5.74, 6) is 0. The normalized spacial score (nSPS) is 11.6. The molecule has 0 aliphatic heterocycles. The van der Waals surface area contributed by atoms with Crippen LogP contribution < -0.4 is 5.73 Å². The molecule has 0 aliphatic carbocycles. The van der Waals surface area contributed by atoms with E-state index < -0.39 is 10.1 Å². The van der Waals surface area contributed by atoms with Gasteiger partial charge in [-0.15, -0.1) is 0 Å². The average molecular weight is 229 g/mol. The molecule has 0 unspecified atom stereocenters. The van der Waals surface area contributed by atoms with E-state index in [1.165, 1.54) is 6.07 Å². The molecule has 0 heterocycles. The Morgan fingerprint density at radius 3 is 2.60 bits per heavy atom. The number of benzene rings is 1. The van der Waals surface area contributed by atoms with Crippen LogP contribution in [0.5, 0.6) is 0 Å². The lowest BCUT2D eigenvalue weighted by molar-refractivity contribution is 0.482. The maximum absolute atomic E-state index is 11.1. The van der Waals surface area contributed by atoms with Crippen LogP contribution in [0.3, 0.4) is 0 Å². The van der Waals surface area contributed by atoms with E-state index in [0.717, 1.165) is 12.8 Å². The molecule has 1 rings (SSSR count). The zero-order valence-electron chi connectivity index (χ0n) is 8.60. The lowest BCUT2D eigenvalue weighted by Gasteiger charge is -2.07. The predicted molar refractivity (Wildman–Crippen MR) is 59.3 cm³/mol. The standard InChI is InChI=1S/C10H15NO3S/c1-2-3-4-8-5-6-9(11)7-10(8)15(12,13)14/h5-7H,2-4,11H2,1H3,(H,12,13,14). The van der Waals surface area contributed by atoms with Gasteiger partial charge in [-0.1, -0.05) is 19.4 Å². The zero-order valence-corrected chi connectivity index (χ0v) is 9.42. The summed E-state index contributed by atoms with van der Waals surface area (Å²) in [4.78, 5) is -0.0732. The Hall–Kier alpha value is -1.07. The first-order valence-electron chi connectivity index (χ1n) is 4.81. The van der Waals surface area contributed by atoms with Crippen LogP contribution in [0.2, 0.25) is 0 Å². The molecule has 84 valence electrons. The van der Waals surface area contributed by atoms with E-state index in [-0.39, 0.29) is 4.90 Å². The van der Waals surface area contributed by atoms with Crippen molar-refractivity contribution < 1.29 is 13.0 Å². The Balaban J connectivity index is 3.15. The van der Waals surface area contributed by atoms with Gasteiger partial charge in [-0.2, -0.15) is 8.42 Å². The first-order chi connectivity index (χ1) is 6.95. The first-order valence-corrected chi connectivity index (χ1v) is 6.25. The van der Waals surface area contributed by atoms with Gasteiger partial charge in [0.1, 0.15) is 0 Å². The molecular formula is C10H15NO3S. The summed E-state index contributed by atoms with van der Waals surface area (Å²) in [6.45, 7) is 2.02. The summed E-state index contributed by atoms with van der Waals surface area (Å²) in [6, 6.07) is 4.58. The predicted octanol–water partition coefficient (Wildman–Crippen LogP) is 1.86. The number of aryl methyl sites for hydroxylation is 1. The first kappa shape index (κ1) is 12.0. The minimum atomic E-state index is -4.17. The van der Waals surface area contributed by atoms with Crippen molar-refractivity contribution in [3.8, 4) is 0 Å². The van der Waals surface area contributed by atoms with Gasteiger partial charge in [-0.25, -0.2) is 0 Å². The maximum atomic E-state index is 11.1. The van der Waals surface area contributed by atoms with Gasteiger partial charge in [0.05, 0.1) is 4.90 Å². The van der Waals surface area contributed by atoms with E-state index >= 15 is 0 Å². The monoisotopic (exact) mass is 229 g/mol. The molecule has 0 amide bonds. The summed E-state index contributed by atoms with van der Waals surface area (Å²) in [5.41, 5.74) is 6.43. The summed E-state index contributed by atoms with van der Waals surface area (Å²) in [6.07, 6.45) is 2.48. The molecule has 0 saturated carbocycles. The molecule has 15 heavy (non-hydrogen) atoms. The van der Waals surface area contributed by atoms with E-state index in [1.54, 1.807) is 12.1 Å². The maximum Gasteiger partial charge on any atom is 0.294 e. The number of anilines is 1. The molecule has 0 radical (unpaired) electrons. The quantitative estimate of drug-likeness (QED) is 0.610. The van der Waals surface area contributed by atoms with Crippen LogP contribution in [0.15, 0.2) is 23.1 Å². The fourth-order valence-electron chi connectivity index (χ4n) is 1.39. The second-order valence-electron chi connectivity index (χ2n) is 3.45. The summed E-state index contributed by atoms with van der Waals surface area (Å²) in [7, 11) is -4.17. The molecule has 0 fully saturated rings. The molecule has 3 N–H and O–H groups in total. The largest absolute Gasteiger partial charge is 0.399 e. The van der Waals surface area contributed by atoms with E-state index in [9.17, 15) is 8.42 Å². The van der Waals surface area contributed by atoms with Crippen molar-refractivity contribution in [1.82, 2.24) is 0 Å². The lowest BCUT2D eigenvalue weighted by atomic mass is 10.1. The summed E-state index contributed by atoms with van der Waals surface area (Å²) < 4.78 is 31.1. The number of hydrogen-bond acceptors (Lipinski definition) is 3. The highest BCUT2D eigenvalue weighted by Crippen LogP contribution is 2.20. The second kappa shape index (κ2) is 4.63. The van der Waals surface area contributed by atoms with Gasteiger partial charge in [0.15, 0.2) is 0 Å². The van der Waals surface area contributed by atoms with Crippen LogP contribution in [0, 0.1) is 0 Å². The van der Waals surface area contributed by atoms with Crippen LogP contribution in [-0.2, 0) is 16.5 Å². The highest BCUT2D eigenvalue weighted by Gasteiger charge is 2.15. The minimum Gasteiger partial charge on any atom is -0.399 e. The topological polar surface area (TPSA) is 80.4 Å². The van der Waals surface area contributed by atoms with Crippen molar-refractivity contribution in [3.63, 3.8) is 0 Å². The van der Waals surface area contributed by atoms with Crippen molar-refractivity contribution in [2.75, 3.05) is 5.73 Å². The lowest BCUT2D eigenvalue weighted by Crippen LogP contribution is -2.04. The van der Waals surface area contributed by atoms with E-state index in [2.05, 4.69) is 0 Å². The van der Waals surface area contributed by atoms with E-state index in [1.807, 2.05) is 6.92 Å². The molecule has 1 aromatic carbocycles. The van der Waals surface area contributed by atoms with Crippen molar-refractivity contribution >= 4 is 15.8 Å². The van der Waals surface area contributed by atoms with Crippen molar-refractivity contribution in [3.05, 3.63) is 23.8 Å². The molecule has 0 aliphatic rings. The molecular weight excluding hydrogens is 214 g/mol. The number of nitrogens with two attached hydrogens (primary N) is 1. The SMILES string of the molecule is CCCCc1ccc(N)cc1S(=O)(=O)O. The van der Waals surface area contributed by atoms with Crippen LogP contribution in [-0.4, -0.2) is 13.0 Å². The fourth-order valence-corrected chi connectivity index (χ4v) is 2.17. The van der Waals surface area contributed by atoms with Crippen LogP contribution in [0.25, 0.3) is 0 Å². The molecule has 0 spiro atoms. The number of unbranched alkanes of at least 4 members (excludes halogenated alkanes) is 1. The van der Waals surface area contributed by atoms with Crippen molar-refractivity contribution in [2.45, 2.75) is 31.1 Å². The molecule has 0 aromatic heterocycles. The van der Waals surface area contributed by atoms with E-state index in [0.29, 0.717) is 17.7 Å². The van der Waals surface area contributed by atoms with Gasteiger partial charge >= 0.3 is 0 Å². The van der Waals surface area contributed by atoms with Gasteiger partial charge in [0.2, 0.25) is 0 Å². The molecule has 4 nitrogen and oxygen atoms in total. The third kappa shape index (κ3) is 3.21. The van der Waals surface area contributed by atoms with Crippen molar-refractivity contribution in [1.29, 1.82) is 0 Å². The molecule has 5 heteroatoms. The Labute approximate surface area is 89.9 Å². The molecule has 0 atom stereocenters. The third-order valence-corrected chi connectivity index (χ3v) is 3.10. The van der Waals surface area contributed by atoms with Gasteiger partial charge in [0, 0.05) is 5.69 Å². The smallest absolute Gasteiger partial charge is 0.294 e.